The zero-order valence-corrected chi connectivity index (χ0v) is 11.5. The average Bonchev–Trinajstić information content (AvgIpc) is 2.47. The molecule has 0 radical (unpaired) electrons. The first kappa shape index (κ1) is 12.5. The Morgan fingerprint density at radius 3 is 2.71 bits per heavy atom. The number of alkyl halides is 1. The van der Waals surface area contributed by atoms with Crippen LogP contribution < -0.4 is 5.32 Å². The molecule has 0 amide bonds. The zero-order chi connectivity index (χ0) is 10.6. The topological polar surface area (TPSA) is 12.0 Å². The molecule has 0 aromatic carbocycles. The molecule has 2 unspecified atom stereocenters. The summed E-state index contributed by atoms with van der Waals surface area (Å²) in [6.45, 7) is 5.13. The van der Waals surface area contributed by atoms with Gasteiger partial charge in [-0.3, -0.25) is 0 Å². The smallest absolute Gasteiger partial charge is 0.0701 e. The highest BCUT2D eigenvalue weighted by molar-refractivity contribution is 9.11. The van der Waals surface area contributed by atoms with Gasteiger partial charge in [-0.25, -0.2) is 0 Å². The summed E-state index contributed by atoms with van der Waals surface area (Å²) >= 11 is 11.1. The number of nitrogens with one attached hydrogen (secondary N) is 1. The van der Waals surface area contributed by atoms with Crippen molar-refractivity contribution in [2.24, 2.45) is 0 Å². The summed E-state index contributed by atoms with van der Waals surface area (Å²) in [7, 11) is 0. The Kier molecular flexibility index (Phi) is 5.45. The summed E-state index contributed by atoms with van der Waals surface area (Å²) in [5.74, 6) is 0. The molecule has 0 aliphatic carbocycles. The van der Waals surface area contributed by atoms with Gasteiger partial charge in [0.2, 0.25) is 0 Å². The minimum Gasteiger partial charge on any atom is -0.309 e. The molecule has 0 bridgehead atoms. The number of hydrogen-bond acceptors (Lipinski definition) is 2. The average molecular weight is 297 g/mol. The molecule has 0 spiro atoms. The maximum Gasteiger partial charge on any atom is 0.0701 e. The SMILES string of the molecule is CC(Cl)CC(C)NCc1ccc(Br)s1. The van der Waals surface area contributed by atoms with Gasteiger partial charge in [-0.2, -0.15) is 0 Å². The van der Waals surface area contributed by atoms with Gasteiger partial charge in [-0.1, -0.05) is 0 Å². The first-order valence-electron chi connectivity index (χ1n) is 4.69. The van der Waals surface area contributed by atoms with E-state index in [1.54, 1.807) is 11.3 Å². The third-order valence-corrected chi connectivity index (χ3v) is 3.73. The van der Waals surface area contributed by atoms with Crippen molar-refractivity contribution < 1.29 is 0 Å². The molecule has 1 rings (SSSR count). The summed E-state index contributed by atoms with van der Waals surface area (Å²) in [5.41, 5.74) is 0. The lowest BCUT2D eigenvalue weighted by Crippen LogP contribution is -2.27. The van der Waals surface area contributed by atoms with Crippen molar-refractivity contribution in [3.8, 4) is 0 Å². The number of halogens is 2. The Morgan fingerprint density at radius 2 is 2.21 bits per heavy atom. The van der Waals surface area contributed by atoms with Gasteiger partial charge in [0, 0.05) is 22.8 Å². The molecule has 0 saturated heterocycles. The first-order valence-corrected chi connectivity index (χ1v) is 6.74. The molecule has 0 saturated carbocycles. The predicted molar refractivity (Wildman–Crippen MR) is 68.3 cm³/mol. The summed E-state index contributed by atoms with van der Waals surface area (Å²) in [4.78, 5) is 1.35. The van der Waals surface area contributed by atoms with Crippen molar-refractivity contribution in [3.63, 3.8) is 0 Å². The quantitative estimate of drug-likeness (QED) is 0.810. The van der Waals surface area contributed by atoms with Crippen LogP contribution in [0.2, 0.25) is 0 Å². The van der Waals surface area contributed by atoms with E-state index in [0.717, 1.165) is 13.0 Å². The second-order valence-electron chi connectivity index (χ2n) is 3.50. The molecule has 1 aromatic heterocycles. The summed E-state index contributed by atoms with van der Waals surface area (Å²) in [6, 6.07) is 4.69. The molecule has 1 heterocycles. The van der Waals surface area contributed by atoms with E-state index in [1.807, 2.05) is 6.92 Å². The van der Waals surface area contributed by atoms with Crippen molar-refractivity contribution in [3.05, 3.63) is 20.8 Å². The summed E-state index contributed by atoms with van der Waals surface area (Å²) < 4.78 is 1.19. The van der Waals surface area contributed by atoms with Crippen LogP contribution in [-0.4, -0.2) is 11.4 Å². The zero-order valence-electron chi connectivity index (χ0n) is 8.39. The van der Waals surface area contributed by atoms with Gasteiger partial charge in [0.1, 0.15) is 0 Å². The van der Waals surface area contributed by atoms with Crippen LogP contribution in [0.3, 0.4) is 0 Å². The molecular formula is C10H15BrClNS. The lowest BCUT2D eigenvalue weighted by Gasteiger charge is -2.13. The fraction of sp³-hybridized carbons (Fsp3) is 0.600. The maximum atomic E-state index is 5.91. The van der Waals surface area contributed by atoms with Crippen LogP contribution in [0.1, 0.15) is 25.1 Å². The van der Waals surface area contributed by atoms with Gasteiger partial charge in [0.25, 0.3) is 0 Å². The van der Waals surface area contributed by atoms with E-state index >= 15 is 0 Å². The molecule has 0 aliphatic heterocycles. The Morgan fingerprint density at radius 1 is 1.50 bits per heavy atom. The van der Waals surface area contributed by atoms with E-state index in [2.05, 4.69) is 40.3 Å². The van der Waals surface area contributed by atoms with Gasteiger partial charge in [0.15, 0.2) is 0 Å². The Labute approximate surface area is 103 Å². The van der Waals surface area contributed by atoms with E-state index in [0.29, 0.717) is 6.04 Å². The fourth-order valence-corrected chi connectivity index (χ4v) is 2.99. The van der Waals surface area contributed by atoms with Crippen LogP contribution >= 0.6 is 38.9 Å². The van der Waals surface area contributed by atoms with Gasteiger partial charge in [-0.15, -0.1) is 22.9 Å². The minimum absolute atomic E-state index is 0.243. The largest absolute Gasteiger partial charge is 0.309 e. The van der Waals surface area contributed by atoms with E-state index in [4.69, 9.17) is 11.6 Å². The van der Waals surface area contributed by atoms with Gasteiger partial charge >= 0.3 is 0 Å². The monoisotopic (exact) mass is 295 g/mol. The normalized spacial score (nSPS) is 15.4. The summed E-state index contributed by atoms with van der Waals surface area (Å²) in [5, 5.41) is 3.69. The molecule has 1 aromatic rings. The molecule has 4 heteroatoms. The predicted octanol–water partition coefficient (Wildman–Crippen LogP) is 4.01. The van der Waals surface area contributed by atoms with Gasteiger partial charge < -0.3 is 5.32 Å². The molecule has 1 nitrogen and oxygen atoms in total. The van der Waals surface area contributed by atoms with Crippen LogP contribution in [0.25, 0.3) is 0 Å². The van der Waals surface area contributed by atoms with Crippen molar-refractivity contribution in [2.75, 3.05) is 0 Å². The lowest BCUT2D eigenvalue weighted by atomic mass is 10.2. The number of rotatable bonds is 5. The Hall–Kier alpha value is 0.430. The molecule has 80 valence electrons. The van der Waals surface area contributed by atoms with Crippen molar-refractivity contribution >= 4 is 38.9 Å². The molecule has 0 fully saturated rings. The van der Waals surface area contributed by atoms with Crippen molar-refractivity contribution in [1.29, 1.82) is 0 Å². The van der Waals surface area contributed by atoms with Gasteiger partial charge in [-0.05, 0) is 48.3 Å². The second kappa shape index (κ2) is 6.11. The second-order valence-corrected chi connectivity index (χ2v) is 6.80. The van der Waals surface area contributed by atoms with Crippen LogP contribution in [0.15, 0.2) is 15.9 Å². The third kappa shape index (κ3) is 4.78. The molecule has 1 N–H and O–H groups in total. The van der Waals surface area contributed by atoms with E-state index in [1.165, 1.54) is 8.66 Å². The fourth-order valence-electron chi connectivity index (χ4n) is 1.29. The first-order chi connectivity index (χ1) is 6.58. The van der Waals surface area contributed by atoms with E-state index in [9.17, 15) is 0 Å². The Bertz CT molecular complexity index is 275. The van der Waals surface area contributed by atoms with Crippen LogP contribution in [0.4, 0.5) is 0 Å². The third-order valence-electron chi connectivity index (χ3n) is 1.93. The highest BCUT2D eigenvalue weighted by Crippen LogP contribution is 2.21. The van der Waals surface area contributed by atoms with E-state index in [-0.39, 0.29) is 5.38 Å². The van der Waals surface area contributed by atoms with E-state index < -0.39 is 0 Å². The molecular weight excluding hydrogens is 282 g/mol. The standard InChI is InChI=1S/C10H15BrClNS/c1-7(12)5-8(2)13-6-9-3-4-10(11)14-9/h3-4,7-8,13H,5-6H2,1-2H3. The lowest BCUT2D eigenvalue weighted by molar-refractivity contribution is 0.514. The van der Waals surface area contributed by atoms with Crippen LogP contribution in [0, 0.1) is 0 Å². The maximum absolute atomic E-state index is 5.91. The van der Waals surface area contributed by atoms with Gasteiger partial charge in [0.05, 0.1) is 3.79 Å². The minimum atomic E-state index is 0.243. The van der Waals surface area contributed by atoms with Crippen molar-refractivity contribution in [2.45, 2.75) is 38.2 Å². The molecule has 14 heavy (non-hydrogen) atoms. The highest BCUT2D eigenvalue weighted by Gasteiger charge is 2.06. The summed E-state index contributed by atoms with van der Waals surface area (Å²) in [6.07, 6.45) is 1.01. The van der Waals surface area contributed by atoms with Crippen LogP contribution in [-0.2, 0) is 6.54 Å². The molecule has 2 atom stereocenters. The molecule has 0 aliphatic rings. The highest BCUT2D eigenvalue weighted by atomic mass is 79.9. The van der Waals surface area contributed by atoms with Crippen molar-refractivity contribution in [1.82, 2.24) is 5.32 Å². The number of hydrogen-bond donors (Lipinski definition) is 1. The number of thiophene rings is 1. The van der Waals surface area contributed by atoms with Crippen LogP contribution in [0.5, 0.6) is 0 Å². The Balaban J connectivity index is 2.26.